The van der Waals surface area contributed by atoms with Gasteiger partial charge in [0.2, 0.25) is 0 Å². The summed E-state index contributed by atoms with van der Waals surface area (Å²) in [6.07, 6.45) is 1.82. The summed E-state index contributed by atoms with van der Waals surface area (Å²) in [4.78, 5) is 18.8. The van der Waals surface area contributed by atoms with Gasteiger partial charge in [-0.3, -0.25) is 20.6 Å². The summed E-state index contributed by atoms with van der Waals surface area (Å²) in [6.45, 7) is 2.16. The van der Waals surface area contributed by atoms with Gasteiger partial charge in [-0.25, -0.2) is 19.9 Å². The Morgan fingerprint density at radius 3 is 1.81 bits per heavy atom. The van der Waals surface area contributed by atoms with Gasteiger partial charge in [-0.2, -0.15) is 0 Å². The van der Waals surface area contributed by atoms with Crippen molar-refractivity contribution in [3.63, 3.8) is 0 Å². The lowest BCUT2D eigenvalue weighted by molar-refractivity contribution is 0.590. The highest BCUT2D eigenvalue weighted by atomic mass is 35.5. The van der Waals surface area contributed by atoms with Gasteiger partial charge in [-0.05, 0) is 26.2 Å². The van der Waals surface area contributed by atoms with Gasteiger partial charge in [0, 0.05) is 12.6 Å². The Bertz CT molecular complexity index is 1010. The largest absolute Gasteiger partial charge is 0.381 e. The van der Waals surface area contributed by atoms with Crippen molar-refractivity contribution in [3.8, 4) is 0 Å². The topological polar surface area (TPSA) is 262 Å². The molecule has 0 bridgehead atoms. The quantitative estimate of drug-likeness (QED) is 0.145. The highest BCUT2D eigenvalue weighted by Gasteiger charge is 2.24. The Morgan fingerprint density at radius 1 is 0.812 bits per heavy atom. The highest BCUT2D eigenvalue weighted by Crippen LogP contribution is 2.28. The zero-order chi connectivity index (χ0) is 24.2. The van der Waals surface area contributed by atoms with Crippen molar-refractivity contribution in [2.75, 3.05) is 39.3 Å². The third-order valence-corrected chi connectivity index (χ3v) is 5.06. The summed E-state index contributed by atoms with van der Waals surface area (Å²) in [5, 5.41) is 15.7. The first-order valence-corrected chi connectivity index (χ1v) is 10.1. The fourth-order valence-corrected chi connectivity index (χ4v) is 3.23. The number of guanidine groups is 2. The van der Waals surface area contributed by atoms with Crippen LogP contribution in [0.1, 0.15) is 26.2 Å². The molecule has 2 rings (SSSR count). The molecule has 0 saturated heterocycles. The van der Waals surface area contributed by atoms with Gasteiger partial charge in [0.05, 0.1) is 0 Å². The molecule has 1 atom stereocenters. The molecule has 0 aliphatic heterocycles. The highest BCUT2D eigenvalue weighted by molar-refractivity contribution is 6.32. The van der Waals surface area contributed by atoms with Crippen molar-refractivity contribution >= 4 is 70.0 Å². The summed E-state index contributed by atoms with van der Waals surface area (Å²) >= 11 is 11.9. The first-order valence-electron chi connectivity index (χ1n) is 9.35. The van der Waals surface area contributed by atoms with Crippen molar-refractivity contribution in [1.29, 1.82) is 10.8 Å². The molecule has 14 nitrogen and oxygen atoms in total. The Labute approximate surface area is 194 Å². The number of nitrogens with zero attached hydrogens (tertiary/aromatic N) is 6. The molecule has 0 spiro atoms. The van der Waals surface area contributed by atoms with Crippen LogP contribution in [0, 0.1) is 10.8 Å². The third-order valence-electron chi connectivity index (χ3n) is 4.50. The average molecular weight is 485 g/mol. The number of anilines is 6. The van der Waals surface area contributed by atoms with Crippen molar-refractivity contribution in [1.82, 2.24) is 19.9 Å². The Morgan fingerprint density at radius 2 is 1.31 bits per heavy atom. The molecule has 1 unspecified atom stereocenters. The Balaban J connectivity index is 2.07. The summed E-state index contributed by atoms with van der Waals surface area (Å²) in [5.41, 5.74) is 34.4. The van der Waals surface area contributed by atoms with E-state index in [-0.39, 0.29) is 63.2 Å². The molecule has 16 heteroatoms. The van der Waals surface area contributed by atoms with E-state index in [0.717, 1.165) is 0 Å². The summed E-state index contributed by atoms with van der Waals surface area (Å²) in [5.74, 6) is -0.269. The molecular weight excluding hydrogens is 459 g/mol. The van der Waals surface area contributed by atoms with Crippen molar-refractivity contribution in [2.24, 2.45) is 11.5 Å². The van der Waals surface area contributed by atoms with Crippen LogP contribution in [0.2, 0.25) is 10.3 Å². The van der Waals surface area contributed by atoms with Gasteiger partial charge in [0.25, 0.3) is 0 Å². The van der Waals surface area contributed by atoms with Crippen molar-refractivity contribution in [3.05, 3.63) is 10.3 Å². The summed E-state index contributed by atoms with van der Waals surface area (Å²) < 4.78 is 0. The summed E-state index contributed by atoms with van der Waals surface area (Å²) in [6, 6.07) is -0.273. The lowest BCUT2D eigenvalue weighted by Crippen LogP contribution is -2.44. The second kappa shape index (κ2) is 10.2. The number of nitrogens with two attached hydrogens (primary N) is 6. The van der Waals surface area contributed by atoms with E-state index in [4.69, 9.17) is 68.4 Å². The van der Waals surface area contributed by atoms with Crippen LogP contribution < -0.4 is 44.2 Å². The molecule has 2 aromatic heterocycles. The maximum absolute atomic E-state index is 7.92. The third kappa shape index (κ3) is 5.59. The van der Waals surface area contributed by atoms with Gasteiger partial charge in [-0.1, -0.05) is 23.2 Å². The lowest BCUT2D eigenvalue weighted by Gasteiger charge is -2.29. The molecule has 0 saturated carbocycles. The van der Waals surface area contributed by atoms with Crippen molar-refractivity contribution in [2.45, 2.75) is 32.2 Å². The Hall–Kier alpha value is -3.52. The van der Waals surface area contributed by atoms with E-state index in [9.17, 15) is 0 Å². The molecule has 174 valence electrons. The predicted molar refractivity (Wildman–Crippen MR) is 129 cm³/mol. The molecule has 0 fully saturated rings. The molecule has 2 heterocycles. The number of hydrogen-bond donors (Lipinski definition) is 8. The smallest absolute Gasteiger partial charge is 0.194 e. The van der Waals surface area contributed by atoms with Gasteiger partial charge >= 0.3 is 0 Å². The molecule has 0 amide bonds. The first-order chi connectivity index (χ1) is 14.9. The Kier molecular flexibility index (Phi) is 7.88. The fraction of sp³-hybridized carbons (Fsp3) is 0.375. The minimum atomic E-state index is -0.274. The predicted octanol–water partition coefficient (Wildman–Crippen LogP) is 0.561. The van der Waals surface area contributed by atoms with Crippen LogP contribution >= 0.6 is 23.2 Å². The molecule has 0 aliphatic rings. The number of halogens is 2. The van der Waals surface area contributed by atoms with E-state index in [2.05, 4.69) is 19.9 Å². The van der Waals surface area contributed by atoms with E-state index in [1.54, 1.807) is 0 Å². The second-order valence-corrected chi connectivity index (χ2v) is 7.57. The lowest BCUT2D eigenvalue weighted by atomic mass is 10.1. The second-order valence-electron chi connectivity index (χ2n) is 6.85. The zero-order valence-electron chi connectivity index (χ0n) is 17.3. The zero-order valence-corrected chi connectivity index (χ0v) is 18.8. The summed E-state index contributed by atoms with van der Waals surface area (Å²) in [7, 11) is 0. The van der Waals surface area contributed by atoms with E-state index in [0.29, 0.717) is 25.8 Å². The maximum Gasteiger partial charge on any atom is 0.194 e. The molecule has 32 heavy (non-hydrogen) atoms. The molecule has 0 aromatic carbocycles. The van der Waals surface area contributed by atoms with Crippen LogP contribution in [-0.2, 0) is 0 Å². The van der Waals surface area contributed by atoms with Gasteiger partial charge in [0.1, 0.15) is 0 Å². The van der Waals surface area contributed by atoms with Crippen LogP contribution in [-0.4, -0.2) is 44.4 Å². The van der Waals surface area contributed by atoms with Crippen LogP contribution in [0.15, 0.2) is 0 Å². The minimum absolute atomic E-state index is 0.00554. The first kappa shape index (κ1) is 24.7. The van der Waals surface area contributed by atoms with E-state index < -0.39 is 0 Å². The monoisotopic (exact) mass is 484 g/mol. The fourth-order valence-electron chi connectivity index (χ4n) is 2.98. The number of rotatable bonds is 8. The molecule has 2 aromatic rings. The van der Waals surface area contributed by atoms with E-state index in [1.807, 2.05) is 6.92 Å². The van der Waals surface area contributed by atoms with Gasteiger partial charge in [-0.15, -0.1) is 0 Å². The van der Waals surface area contributed by atoms with Gasteiger partial charge < -0.3 is 34.4 Å². The van der Waals surface area contributed by atoms with Crippen LogP contribution in [0.4, 0.5) is 34.9 Å². The average Bonchev–Trinajstić information content (AvgIpc) is 2.68. The normalized spacial score (nSPS) is 11.7. The van der Waals surface area contributed by atoms with Crippen LogP contribution in [0.25, 0.3) is 0 Å². The van der Waals surface area contributed by atoms with E-state index >= 15 is 0 Å². The maximum atomic E-state index is 7.92. The van der Waals surface area contributed by atoms with E-state index in [1.165, 1.54) is 9.80 Å². The number of aromatic nitrogens is 4. The molecular formula is C16H26Cl2N14. The SMILES string of the molecule is CC(CCCCN(C(=N)N)c1nc(Cl)c(N)nc1N)N(C(=N)N)c1nc(Cl)c(N)nc1N. The number of hydrogen-bond acceptors (Lipinski definition) is 10. The molecule has 14 N–H and O–H groups in total. The van der Waals surface area contributed by atoms with Crippen molar-refractivity contribution < 1.29 is 0 Å². The number of unbranched alkanes of at least 4 members (excludes halogenated alkanes) is 1. The standard InChI is InChI=1S/C16H26Cl2N14/c1-6(32(16(25)26)14-12(22)30-10(20)8(18)28-14)4-2-3-5-31(15(23)24)13-11(21)29-9(19)7(17)27-13/h6H,2-5H2,1H3,(H3,23,24)(H3,25,26)(H4,19,21,29)(H4,20,22,30). The molecule has 0 radical (unpaired) electrons. The number of nitrogen functional groups attached to an aromatic ring is 4. The minimum Gasteiger partial charge on any atom is -0.381 e. The van der Waals surface area contributed by atoms with Gasteiger partial charge in [0.15, 0.2) is 57.1 Å². The van der Waals surface area contributed by atoms with Crippen LogP contribution in [0.3, 0.4) is 0 Å². The molecule has 0 aliphatic carbocycles. The number of nitrogens with one attached hydrogen (secondary N) is 2. The van der Waals surface area contributed by atoms with Crippen LogP contribution in [0.5, 0.6) is 0 Å².